The largest absolute Gasteiger partial charge is 0.327 e. The van der Waals surface area contributed by atoms with Gasteiger partial charge in [-0.05, 0) is 41.6 Å². The summed E-state index contributed by atoms with van der Waals surface area (Å²) < 4.78 is 26.8. The SMILES string of the molecule is Cc1cnc(CCN(C)C(=O)Nc2cc(F)c(I)c(F)c2)s1. The second-order valence-electron chi connectivity index (χ2n) is 4.72. The Hall–Kier alpha value is -1.29. The lowest BCUT2D eigenvalue weighted by Gasteiger charge is -2.17. The number of anilines is 1. The van der Waals surface area contributed by atoms with Crippen molar-refractivity contribution in [1.29, 1.82) is 0 Å². The second kappa shape index (κ2) is 7.32. The molecule has 0 bridgehead atoms. The van der Waals surface area contributed by atoms with Crippen LogP contribution in [-0.4, -0.2) is 29.5 Å². The van der Waals surface area contributed by atoms with Gasteiger partial charge in [0.25, 0.3) is 0 Å². The molecule has 4 nitrogen and oxygen atoms in total. The number of rotatable bonds is 4. The molecular formula is C14H14F2IN3OS. The molecule has 0 unspecified atom stereocenters. The van der Waals surface area contributed by atoms with E-state index in [1.54, 1.807) is 47.2 Å². The molecule has 1 aromatic heterocycles. The zero-order valence-electron chi connectivity index (χ0n) is 12.0. The van der Waals surface area contributed by atoms with Gasteiger partial charge in [0.15, 0.2) is 0 Å². The maximum atomic E-state index is 13.4. The van der Waals surface area contributed by atoms with Crippen LogP contribution in [0.15, 0.2) is 18.3 Å². The molecule has 0 saturated heterocycles. The molecule has 118 valence electrons. The minimum Gasteiger partial charge on any atom is -0.327 e. The summed E-state index contributed by atoms with van der Waals surface area (Å²) in [5.74, 6) is -1.39. The number of nitrogens with zero attached hydrogens (tertiary/aromatic N) is 2. The van der Waals surface area contributed by atoms with Crippen LogP contribution < -0.4 is 5.32 Å². The molecule has 2 rings (SSSR count). The summed E-state index contributed by atoms with van der Waals surface area (Å²) in [4.78, 5) is 18.8. The monoisotopic (exact) mass is 437 g/mol. The van der Waals surface area contributed by atoms with Crippen LogP contribution in [0.4, 0.5) is 19.3 Å². The highest BCUT2D eigenvalue weighted by molar-refractivity contribution is 14.1. The lowest BCUT2D eigenvalue weighted by Crippen LogP contribution is -2.33. The lowest BCUT2D eigenvalue weighted by atomic mass is 10.3. The summed E-state index contributed by atoms with van der Waals surface area (Å²) in [6.07, 6.45) is 2.43. The van der Waals surface area contributed by atoms with E-state index in [1.165, 1.54) is 4.90 Å². The smallest absolute Gasteiger partial charge is 0.321 e. The molecule has 0 aliphatic heterocycles. The van der Waals surface area contributed by atoms with Gasteiger partial charge in [0.1, 0.15) is 11.6 Å². The van der Waals surface area contributed by atoms with Gasteiger partial charge in [0.2, 0.25) is 0 Å². The summed E-state index contributed by atoms with van der Waals surface area (Å²) in [7, 11) is 1.62. The average molecular weight is 437 g/mol. The predicted octanol–water partition coefficient (Wildman–Crippen LogP) is 4.04. The Balaban J connectivity index is 1.93. The summed E-state index contributed by atoms with van der Waals surface area (Å²) in [6, 6.07) is 1.77. The molecule has 0 radical (unpaired) electrons. The number of amides is 2. The van der Waals surface area contributed by atoms with Crippen molar-refractivity contribution in [2.75, 3.05) is 18.9 Å². The molecule has 1 N–H and O–H groups in total. The van der Waals surface area contributed by atoms with Crippen molar-refractivity contribution in [3.05, 3.63) is 43.4 Å². The van der Waals surface area contributed by atoms with Crippen LogP contribution in [0.3, 0.4) is 0 Å². The molecule has 0 aliphatic carbocycles. The number of benzene rings is 1. The summed E-state index contributed by atoms with van der Waals surface area (Å²) >= 11 is 3.16. The van der Waals surface area contributed by atoms with E-state index >= 15 is 0 Å². The van der Waals surface area contributed by atoms with Crippen molar-refractivity contribution < 1.29 is 13.6 Å². The summed E-state index contributed by atoms with van der Waals surface area (Å²) in [5, 5.41) is 3.43. The molecule has 1 heterocycles. The van der Waals surface area contributed by atoms with Gasteiger partial charge in [-0.15, -0.1) is 11.3 Å². The van der Waals surface area contributed by atoms with E-state index in [0.29, 0.717) is 13.0 Å². The van der Waals surface area contributed by atoms with Gasteiger partial charge in [-0.2, -0.15) is 0 Å². The molecule has 2 aromatic rings. The number of aromatic nitrogens is 1. The van der Waals surface area contributed by atoms with E-state index in [4.69, 9.17) is 0 Å². The van der Waals surface area contributed by atoms with Crippen LogP contribution >= 0.6 is 33.9 Å². The third-order valence-corrected chi connectivity index (χ3v) is 4.92. The number of likely N-dealkylation sites (N-methyl/N-ethyl adjacent to an activating group) is 1. The normalized spacial score (nSPS) is 10.6. The maximum Gasteiger partial charge on any atom is 0.321 e. The first-order chi connectivity index (χ1) is 10.4. The van der Waals surface area contributed by atoms with Crippen molar-refractivity contribution in [3.63, 3.8) is 0 Å². The third-order valence-electron chi connectivity index (χ3n) is 2.91. The van der Waals surface area contributed by atoms with Crippen molar-refractivity contribution in [2.24, 2.45) is 0 Å². The number of thiazole rings is 1. The number of carbonyl (C=O) groups excluding carboxylic acids is 1. The van der Waals surface area contributed by atoms with Crippen LogP contribution in [-0.2, 0) is 6.42 Å². The first kappa shape index (κ1) is 17.1. The number of nitrogens with one attached hydrogen (secondary N) is 1. The Morgan fingerprint density at radius 2 is 2.05 bits per heavy atom. The molecule has 1 aromatic carbocycles. The van der Waals surface area contributed by atoms with Crippen molar-refractivity contribution >= 4 is 45.6 Å². The summed E-state index contributed by atoms with van der Waals surface area (Å²) in [6.45, 7) is 2.44. The molecule has 0 fully saturated rings. The van der Waals surface area contributed by atoms with Crippen molar-refractivity contribution in [3.8, 4) is 0 Å². The first-order valence-corrected chi connectivity index (χ1v) is 8.34. The van der Waals surface area contributed by atoms with Gasteiger partial charge in [-0.1, -0.05) is 0 Å². The fourth-order valence-electron chi connectivity index (χ4n) is 1.73. The van der Waals surface area contributed by atoms with Crippen LogP contribution in [0, 0.1) is 22.1 Å². The fraction of sp³-hybridized carbons (Fsp3) is 0.286. The maximum absolute atomic E-state index is 13.4. The zero-order valence-corrected chi connectivity index (χ0v) is 15.0. The van der Waals surface area contributed by atoms with Crippen molar-refractivity contribution in [2.45, 2.75) is 13.3 Å². The number of hydrogen-bond donors (Lipinski definition) is 1. The van der Waals surface area contributed by atoms with Gasteiger partial charge in [-0.3, -0.25) is 0 Å². The number of hydrogen-bond acceptors (Lipinski definition) is 3. The molecule has 8 heteroatoms. The van der Waals surface area contributed by atoms with Gasteiger partial charge in [0.05, 0.1) is 8.58 Å². The quantitative estimate of drug-likeness (QED) is 0.580. The van der Waals surface area contributed by atoms with E-state index < -0.39 is 17.7 Å². The first-order valence-electron chi connectivity index (χ1n) is 6.45. The third kappa shape index (κ3) is 4.35. The fourth-order valence-corrected chi connectivity index (χ4v) is 2.82. The minimum absolute atomic E-state index is 0.0944. The minimum atomic E-state index is -0.697. The van der Waals surface area contributed by atoms with Crippen LogP contribution in [0.5, 0.6) is 0 Å². The van der Waals surface area contributed by atoms with E-state index in [-0.39, 0.29) is 9.26 Å². The van der Waals surface area contributed by atoms with Crippen LogP contribution in [0.1, 0.15) is 9.88 Å². The van der Waals surface area contributed by atoms with E-state index in [0.717, 1.165) is 22.0 Å². The van der Waals surface area contributed by atoms with E-state index in [9.17, 15) is 13.6 Å². The average Bonchev–Trinajstić information content (AvgIpc) is 2.87. The molecule has 0 aliphatic rings. The zero-order chi connectivity index (χ0) is 16.3. The standard InChI is InChI=1S/C14H14F2IN3OS/c1-8-7-18-12(22-8)3-4-20(2)14(21)19-9-5-10(15)13(17)11(16)6-9/h5-7H,3-4H2,1-2H3,(H,19,21). The molecular weight excluding hydrogens is 423 g/mol. The Kier molecular flexibility index (Phi) is 5.68. The predicted molar refractivity (Wildman–Crippen MR) is 91.3 cm³/mol. The second-order valence-corrected chi connectivity index (χ2v) is 7.12. The molecule has 0 spiro atoms. The highest BCUT2D eigenvalue weighted by Crippen LogP contribution is 2.20. The van der Waals surface area contributed by atoms with Gasteiger partial charge >= 0.3 is 6.03 Å². The van der Waals surface area contributed by atoms with Crippen molar-refractivity contribution in [1.82, 2.24) is 9.88 Å². The highest BCUT2D eigenvalue weighted by Gasteiger charge is 2.13. The molecule has 0 saturated carbocycles. The highest BCUT2D eigenvalue weighted by atomic mass is 127. The topological polar surface area (TPSA) is 45.2 Å². The van der Waals surface area contributed by atoms with Gasteiger partial charge in [-0.25, -0.2) is 18.6 Å². The number of aryl methyl sites for hydroxylation is 1. The number of carbonyl (C=O) groups is 1. The Morgan fingerprint density at radius 1 is 1.41 bits per heavy atom. The lowest BCUT2D eigenvalue weighted by molar-refractivity contribution is 0.223. The summed E-state index contributed by atoms with van der Waals surface area (Å²) in [5.41, 5.74) is 0.0948. The molecule has 0 atom stereocenters. The van der Waals surface area contributed by atoms with Gasteiger partial charge < -0.3 is 10.2 Å². The van der Waals surface area contributed by atoms with E-state index in [2.05, 4.69) is 10.3 Å². The molecule has 2 amide bonds. The van der Waals surface area contributed by atoms with E-state index in [1.807, 2.05) is 6.92 Å². The number of urea groups is 1. The number of halogens is 3. The molecule has 22 heavy (non-hydrogen) atoms. The van der Waals surface area contributed by atoms with Crippen LogP contribution in [0.25, 0.3) is 0 Å². The Bertz CT molecular complexity index is 669. The van der Waals surface area contributed by atoms with Crippen LogP contribution in [0.2, 0.25) is 0 Å². The Morgan fingerprint density at radius 3 is 2.59 bits per heavy atom. The Labute approximate surface area is 144 Å². The van der Waals surface area contributed by atoms with Gasteiger partial charge in [0, 0.05) is 36.8 Å².